The van der Waals surface area contributed by atoms with Crippen LogP contribution in [0.2, 0.25) is 0 Å². The number of carbonyl (C=O) groups is 1. The van der Waals surface area contributed by atoms with Crippen molar-refractivity contribution >= 4 is 22.8 Å². The molecule has 1 spiro atoms. The highest BCUT2D eigenvalue weighted by molar-refractivity contribution is 8.14. The lowest BCUT2D eigenvalue weighted by Gasteiger charge is -2.35. The molecule has 0 atom stereocenters. The van der Waals surface area contributed by atoms with Crippen LogP contribution in [-0.4, -0.2) is 28.9 Å². The maximum absolute atomic E-state index is 10.6. The van der Waals surface area contributed by atoms with Crippen LogP contribution in [0.5, 0.6) is 0 Å². The second-order valence-corrected chi connectivity index (χ2v) is 5.93. The zero-order chi connectivity index (χ0) is 11.6. The lowest BCUT2D eigenvalue weighted by molar-refractivity contribution is -0.116. The summed E-state index contributed by atoms with van der Waals surface area (Å²) in [4.78, 5) is 14.8. The predicted octanol–water partition coefficient (Wildman–Crippen LogP) is 1.11. The van der Waals surface area contributed by atoms with Crippen molar-refractivity contribution in [2.45, 2.75) is 38.1 Å². The smallest absolute Gasteiger partial charge is 0.239 e. The zero-order valence-electron chi connectivity index (χ0n) is 9.66. The van der Waals surface area contributed by atoms with Crippen molar-refractivity contribution in [2.75, 3.05) is 12.3 Å². The van der Waals surface area contributed by atoms with Crippen molar-refractivity contribution in [2.24, 2.45) is 16.6 Å². The van der Waals surface area contributed by atoms with Crippen molar-refractivity contribution in [3.63, 3.8) is 0 Å². The predicted molar refractivity (Wildman–Crippen MR) is 67.5 cm³/mol. The van der Waals surface area contributed by atoms with Crippen molar-refractivity contribution in [1.29, 1.82) is 0 Å². The van der Waals surface area contributed by atoms with Crippen molar-refractivity contribution in [3.05, 3.63) is 0 Å². The number of amidine groups is 1. The van der Waals surface area contributed by atoms with E-state index >= 15 is 0 Å². The molecule has 0 radical (unpaired) electrons. The van der Waals surface area contributed by atoms with Crippen LogP contribution >= 0.6 is 11.8 Å². The van der Waals surface area contributed by atoms with Gasteiger partial charge >= 0.3 is 0 Å². The Morgan fingerprint density at radius 1 is 1.62 bits per heavy atom. The summed E-state index contributed by atoms with van der Waals surface area (Å²) in [6.07, 6.45) is 5.01. The lowest BCUT2D eigenvalue weighted by atomic mass is 9.78. The van der Waals surface area contributed by atoms with Crippen LogP contribution in [0.3, 0.4) is 0 Å². The van der Waals surface area contributed by atoms with Gasteiger partial charge < -0.3 is 11.1 Å². The van der Waals surface area contributed by atoms with Crippen molar-refractivity contribution in [3.8, 4) is 0 Å². The van der Waals surface area contributed by atoms with Gasteiger partial charge in [-0.05, 0) is 31.6 Å². The van der Waals surface area contributed by atoms with Crippen LogP contribution in [-0.2, 0) is 4.79 Å². The molecule has 0 aromatic heterocycles. The fraction of sp³-hybridized carbons (Fsp3) is 0.818. The highest BCUT2D eigenvalue weighted by atomic mass is 32.2. The van der Waals surface area contributed by atoms with Crippen LogP contribution in [0.1, 0.15) is 32.6 Å². The monoisotopic (exact) mass is 241 g/mol. The summed E-state index contributed by atoms with van der Waals surface area (Å²) in [6, 6.07) is 0. The molecule has 1 aliphatic heterocycles. The molecule has 4 nitrogen and oxygen atoms in total. The highest BCUT2D eigenvalue weighted by Crippen LogP contribution is 2.38. The number of primary amides is 1. The zero-order valence-corrected chi connectivity index (χ0v) is 10.5. The molecule has 1 saturated heterocycles. The maximum Gasteiger partial charge on any atom is 0.239 e. The summed E-state index contributed by atoms with van der Waals surface area (Å²) in [5, 5.41) is 4.38. The van der Waals surface area contributed by atoms with Gasteiger partial charge in [0, 0.05) is 11.3 Å². The molecule has 2 aliphatic rings. The SMILES string of the molecule is CC1CCC2(CC1)CSC(=NCC(N)=O)N2. The third-order valence-corrected chi connectivity index (χ3v) is 4.67. The summed E-state index contributed by atoms with van der Waals surface area (Å²) in [5.41, 5.74) is 5.32. The molecular weight excluding hydrogens is 222 g/mol. The van der Waals surface area contributed by atoms with Gasteiger partial charge in [-0.2, -0.15) is 0 Å². The molecule has 1 saturated carbocycles. The number of hydrogen-bond acceptors (Lipinski definition) is 3. The van der Waals surface area contributed by atoms with Gasteiger partial charge in [-0.25, -0.2) is 0 Å². The topological polar surface area (TPSA) is 67.5 Å². The number of nitrogens with zero attached hydrogens (tertiary/aromatic N) is 1. The number of hydrogen-bond donors (Lipinski definition) is 2. The van der Waals surface area contributed by atoms with Crippen LogP contribution < -0.4 is 11.1 Å². The molecule has 0 unspecified atom stereocenters. The van der Waals surface area contributed by atoms with E-state index in [0.29, 0.717) is 0 Å². The van der Waals surface area contributed by atoms with Gasteiger partial charge in [0.05, 0.1) is 0 Å². The first-order valence-corrected chi connectivity index (χ1v) is 6.82. The van der Waals surface area contributed by atoms with E-state index in [4.69, 9.17) is 5.73 Å². The van der Waals surface area contributed by atoms with Gasteiger partial charge in [-0.1, -0.05) is 18.7 Å². The number of carbonyl (C=O) groups excluding carboxylic acids is 1. The number of nitrogens with one attached hydrogen (secondary N) is 1. The minimum Gasteiger partial charge on any atom is -0.368 e. The second-order valence-electron chi connectivity index (χ2n) is 4.96. The number of amides is 1. The fourth-order valence-corrected chi connectivity index (χ4v) is 3.54. The first-order chi connectivity index (χ1) is 7.60. The molecule has 3 N–H and O–H groups in total. The maximum atomic E-state index is 10.6. The number of nitrogens with two attached hydrogens (primary N) is 1. The highest BCUT2D eigenvalue weighted by Gasteiger charge is 2.39. The Labute approximate surface area is 100 Å². The Balaban J connectivity index is 1.92. The summed E-state index contributed by atoms with van der Waals surface area (Å²) in [5.74, 6) is 1.56. The third kappa shape index (κ3) is 2.70. The van der Waals surface area contributed by atoms with Crippen LogP contribution in [0.25, 0.3) is 0 Å². The molecular formula is C11H19N3OS. The van der Waals surface area contributed by atoms with Gasteiger partial charge in [-0.3, -0.25) is 9.79 Å². The van der Waals surface area contributed by atoms with Crippen LogP contribution in [0.15, 0.2) is 4.99 Å². The molecule has 0 aromatic rings. The summed E-state index contributed by atoms with van der Waals surface area (Å²) < 4.78 is 0. The Kier molecular flexibility index (Phi) is 3.42. The molecule has 1 amide bonds. The van der Waals surface area contributed by atoms with Crippen molar-refractivity contribution in [1.82, 2.24) is 5.32 Å². The number of thioether (sulfide) groups is 1. The van der Waals surface area contributed by atoms with Gasteiger partial charge in [-0.15, -0.1) is 0 Å². The summed E-state index contributed by atoms with van der Waals surface area (Å²) in [7, 11) is 0. The molecule has 90 valence electrons. The molecule has 16 heavy (non-hydrogen) atoms. The Morgan fingerprint density at radius 3 is 2.94 bits per heavy atom. The Bertz CT molecular complexity index is 308. The van der Waals surface area contributed by atoms with E-state index in [2.05, 4.69) is 17.2 Å². The first-order valence-electron chi connectivity index (χ1n) is 5.83. The largest absolute Gasteiger partial charge is 0.368 e. The van der Waals surface area contributed by atoms with Gasteiger partial charge in [0.2, 0.25) is 5.91 Å². The number of rotatable bonds is 2. The van der Waals surface area contributed by atoms with E-state index in [0.717, 1.165) is 16.8 Å². The molecule has 1 aliphatic carbocycles. The normalized spacial score (nSPS) is 36.6. The average Bonchev–Trinajstić information content (AvgIpc) is 2.64. The van der Waals surface area contributed by atoms with Crippen LogP contribution in [0, 0.1) is 5.92 Å². The van der Waals surface area contributed by atoms with E-state index in [-0.39, 0.29) is 18.0 Å². The summed E-state index contributed by atoms with van der Waals surface area (Å²) >= 11 is 1.72. The second kappa shape index (κ2) is 4.65. The third-order valence-electron chi connectivity index (χ3n) is 3.47. The van der Waals surface area contributed by atoms with E-state index in [1.54, 1.807) is 11.8 Å². The van der Waals surface area contributed by atoms with E-state index < -0.39 is 0 Å². The molecule has 5 heteroatoms. The number of aliphatic imine (C=N–C) groups is 1. The molecule has 2 rings (SSSR count). The summed E-state index contributed by atoms with van der Waals surface area (Å²) in [6.45, 7) is 2.42. The molecule has 2 fully saturated rings. The van der Waals surface area contributed by atoms with Gasteiger partial charge in [0.15, 0.2) is 5.17 Å². The minimum absolute atomic E-state index is 0.0990. The van der Waals surface area contributed by atoms with E-state index in [9.17, 15) is 4.79 Å². The quantitative estimate of drug-likeness (QED) is 0.761. The van der Waals surface area contributed by atoms with Crippen molar-refractivity contribution < 1.29 is 4.79 Å². The van der Waals surface area contributed by atoms with Crippen LogP contribution in [0.4, 0.5) is 0 Å². The molecule has 0 bridgehead atoms. The molecule has 0 aromatic carbocycles. The van der Waals surface area contributed by atoms with E-state index in [1.165, 1.54) is 25.7 Å². The molecule has 1 heterocycles. The van der Waals surface area contributed by atoms with Gasteiger partial charge in [0.1, 0.15) is 6.54 Å². The Morgan fingerprint density at radius 2 is 2.31 bits per heavy atom. The van der Waals surface area contributed by atoms with E-state index in [1.807, 2.05) is 0 Å². The minimum atomic E-state index is -0.367. The lowest BCUT2D eigenvalue weighted by Crippen LogP contribution is -2.46. The fourth-order valence-electron chi connectivity index (χ4n) is 2.32. The standard InChI is InChI=1S/C11H19N3OS/c1-8-2-4-11(5-3-8)7-16-10(14-11)13-6-9(12)15/h8H,2-7H2,1H3,(H2,12,15)(H,13,14). The van der Waals surface area contributed by atoms with Gasteiger partial charge in [0.25, 0.3) is 0 Å². The Hall–Kier alpha value is -0.710. The first kappa shape index (κ1) is 11.8. The average molecular weight is 241 g/mol.